The lowest BCUT2D eigenvalue weighted by Gasteiger charge is -2.33. The van der Waals surface area contributed by atoms with Crippen LogP contribution < -0.4 is 0 Å². The molecule has 9 heteroatoms. The summed E-state index contributed by atoms with van der Waals surface area (Å²) in [7, 11) is 0. The van der Waals surface area contributed by atoms with Gasteiger partial charge in [-0.3, -0.25) is 9.78 Å². The molecule has 1 saturated carbocycles. The van der Waals surface area contributed by atoms with Crippen LogP contribution in [0.5, 0.6) is 0 Å². The van der Waals surface area contributed by atoms with Gasteiger partial charge in [0.25, 0.3) is 5.91 Å². The summed E-state index contributed by atoms with van der Waals surface area (Å²) in [6.07, 6.45) is -2.16. The van der Waals surface area contributed by atoms with Crippen molar-refractivity contribution in [3.8, 4) is 22.6 Å². The largest absolute Gasteiger partial charge is 0.391 e. The molecule has 3 aromatic rings. The number of hydrogen-bond donors (Lipinski definition) is 1. The molecule has 5 rings (SSSR count). The van der Waals surface area contributed by atoms with Crippen molar-refractivity contribution in [3.05, 3.63) is 53.5 Å². The van der Waals surface area contributed by atoms with E-state index in [2.05, 4.69) is 15.2 Å². The molecule has 3 heterocycles. The van der Waals surface area contributed by atoms with Gasteiger partial charge < -0.3 is 9.88 Å². The number of likely N-dealkylation sites (tertiary alicyclic amines) is 1. The van der Waals surface area contributed by atoms with Gasteiger partial charge in [0.1, 0.15) is 5.82 Å². The Hall–Kier alpha value is -3.23. The van der Waals surface area contributed by atoms with Crippen LogP contribution in [0.15, 0.2) is 36.4 Å². The minimum Gasteiger partial charge on any atom is -0.339 e. The van der Waals surface area contributed by atoms with E-state index in [1.807, 2.05) is 24.3 Å². The number of aryl methyl sites for hydroxylation is 1. The van der Waals surface area contributed by atoms with Crippen LogP contribution in [0.4, 0.5) is 13.2 Å². The number of benzene rings is 1. The summed E-state index contributed by atoms with van der Waals surface area (Å²) in [4.78, 5) is 22.8. The molecular formula is C24H24F3N5O. The summed E-state index contributed by atoms with van der Waals surface area (Å²) in [5.41, 5.74) is 3.51. The topological polar surface area (TPSA) is 74.8 Å². The van der Waals surface area contributed by atoms with Gasteiger partial charge in [-0.25, -0.2) is 0 Å². The Bertz CT molecular complexity index is 1180. The van der Waals surface area contributed by atoms with Crippen LogP contribution in [0, 0.1) is 12.8 Å². The first-order valence-electron chi connectivity index (χ1n) is 11.2. The first kappa shape index (κ1) is 21.6. The minimum atomic E-state index is -4.22. The molecule has 0 spiro atoms. The van der Waals surface area contributed by atoms with Crippen molar-refractivity contribution >= 4 is 5.91 Å². The third kappa shape index (κ3) is 4.49. The number of nitrogens with zero attached hydrogens (tertiary/aromatic N) is 4. The van der Waals surface area contributed by atoms with E-state index in [-0.39, 0.29) is 31.8 Å². The molecule has 0 radical (unpaired) electrons. The van der Waals surface area contributed by atoms with E-state index in [0.29, 0.717) is 34.4 Å². The van der Waals surface area contributed by atoms with Gasteiger partial charge in [-0.05, 0) is 56.9 Å². The highest BCUT2D eigenvalue weighted by atomic mass is 19.4. The number of carbonyl (C=O) groups is 1. The number of rotatable bonds is 4. The zero-order valence-corrected chi connectivity index (χ0v) is 18.2. The average molecular weight is 455 g/mol. The number of pyridine rings is 1. The molecule has 6 nitrogen and oxygen atoms in total. The number of carbonyl (C=O) groups excluding carboxylic acids is 1. The van der Waals surface area contributed by atoms with E-state index >= 15 is 0 Å². The second-order valence-electron chi connectivity index (χ2n) is 8.85. The van der Waals surface area contributed by atoms with Crippen molar-refractivity contribution in [1.29, 1.82) is 0 Å². The number of aromatic amines is 1. The Morgan fingerprint density at radius 3 is 2.45 bits per heavy atom. The van der Waals surface area contributed by atoms with Crippen molar-refractivity contribution in [1.82, 2.24) is 25.1 Å². The summed E-state index contributed by atoms with van der Waals surface area (Å²) < 4.78 is 39.2. The maximum Gasteiger partial charge on any atom is 0.391 e. The summed E-state index contributed by atoms with van der Waals surface area (Å²) in [6.45, 7) is 1.97. The molecule has 0 unspecified atom stereocenters. The second-order valence-corrected chi connectivity index (χ2v) is 8.85. The molecule has 2 fully saturated rings. The van der Waals surface area contributed by atoms with Crippen molar-refractivity contribution in [2.24, 2.45) is 5.92 Å². The van der Waals surface area contributed by atoms with Gasteiger partial charge in [0.2, 0.25) is 0 Å². The van der Waals surface area contributed by atoms with Gasteiger partial charge >= 0.3 is 6.18 Å². The standard InChI is InChI=1S/C24H24F3N5O/c1-14-28-22(31-30-14)16-7-8-18(23(33)32-11-9-17(10-12-32)24(25,26)27)19(13-16)21-4-2-3-20(29-21)15-5-6-15/h2-4,7-8,13,15,17H,5-6,9-12H2,1H3,(H,28,30,31). The SMILES string of the molecule is Cc1nnc(-c2ccc(C(=O)N3CCC(C(F)(F)F)CC3)c(-c3cccc(C4CC4)n3)c2)[nH]1. The first-order valence-corrected chi connectivity index (χ1v) is 11.2. The van der Waals surface area contributed by atoms with Crippen molar-refractivity contribution in [2.45, 2.75) is 44.7 Å². The fourth-order valence-electron chi connectivity index (χ4n) is 4.35. The molecule has 33 heavy (non-hydrogen) atoms. The molecule has 2 aromatic heterocycles. The number of alkyl halides is 3. The van der Waals surface area contributed by atoms with E-state index in [1.165, 1.54) is 4.90 Å². The number of nitrogens with one attached hydrogen (secondary N) is 1. The third-order valence-corrected chi connectivity index (χ3v) is 6.41. The molecule has 1 saturated heterocycles. The lowest BCUT2D eigenvalue weighted by atomic mass is 9.94. The van der Waals surface area contributed by atoms with Gasteiger partial charge in [0.05, 0.1) is 11.6 Å². The average Bonchev–Trinajstić information content (AvgIpc) is 3.58. The summed E-state index contributed by atoms with van der Waals surface area (Å²) >= 11 is 0. The van der Waals surface area contributed by atoms with E-state index in [0.717, 1.165) is 24.1 Å². The van der Waals surface area contributed by atoms with Crippen LogP contribution in [-0.4, -0.2) is 50.2 Å². The predicted molar refractivity (Wildman–Crippen MR) is 116 cm³/mol. The van der Waals surface area contributed by atoms with E-state index < -0.39 is 12.1 Å². The van der Waals surface area contributed by atoms with Crippen molar-refractivity contribution in [2.75, 3.05) is 13.1 Å². The fraction of sp³-hybridized carbons (Fsp3) is 0.417. The Kier molecular flexibility index (Phi) is 5.42. The Morgan fingerprint density at radius 1 is 1.06 bits per heavy atom. The van der Waals surface area contributed by atoms with Crippen LogP contribution in [0.3, 0.4) is 0 Å². The lowest BCUT2D eigenvalue weighted by molar-refractivity contribution is -0.183. The molecule has 2 aliphatic rings. The van der Waals surface area contributed by atoms with E-state index in [4.69, 9.17) is 4.98 Å². The quantitative estimate of drug-likeness (QED) is 0.592. The molecule has 172 valence electrons. The highest BCUT2D eigenvalue weighted by Crippen LogP contribution is 2.40. The number of H-pyrrole nitrogens is 1. The normalized spacial score (nSPS) is 17.4. The number of aromatic nitrogens is 4. The van der Waals surface area contributed by atoms with Crippen LogP contribution in [0.25, 0.3) is 22.6 Å². The van der Waals surface area contributed by atoms with Crippen molar-refractivity contribution < 1.29 is 18.0 Å². The van der Waals surface area contributed by atoms with Gasteiger partial charge in [-0.1, -0.05) is 12.1 Å². The molecule has 1 aliphatic carbocycles. The smallest absolute Gasteiger partial charge is 0.339 e. The molecule has 0 atom stereocenters. The molecule has 1 N–H and O–H groups in total. The fourth-order valence-corrected chi connectivity index (χ4v) is 4.35. The number of halogens is 3. The molecule has 0 bridgehead atoms. The summed E-state index contributed by atoms with van der Waals surface area (Å²) in [6, 6.07) is 11.1. The zero-order chi connectivity index (χ0) is 23.2. The Balaban J connectivity index is 1.50. The first-order chi connectivity index (χ1) is 15.8. The molecule has 1 aromatic carbocycles. The van der Waals surface area contributed by atoms with Crippen LogP contribution in [-0.2, 0) is 0 Å². The zero-order valence-electron chi connectivity index (χ0n) is 18.2. The minimum absolute atomic E-state index is 0.0740. The number of amides is 1. The van der Waals surface area contributed by atoms with Crippen LogP contribution >= 0.6 is 0 Å². The second kappa shape index (κ2) is 8.28. The highest BCUT2D eigenvalue weighted by molar-refractivity contribution is 6.01. The highest BCUT2D eigenvalue weighted by Gasteiger charge is 2.42. The summed E-state index contributed by atoms with van der Waals surface area (Å²) in [5, 5.41) is 8.16. The molecule has 1 aliphatic heterocycles. The predicted octanol–water partition coefficient (Wildman–Crippen LogP) is 5.13. The van der Waals surface area contributed by atoms with Gasteiger partial charge in [0.15, 0.2) is 5.82 Å². The number of hydrogen-bond acceptors (Lipinski definition) is 4. The van der Waals surface area contributed by atoms with Gasteiger partial charge in [-0.2, -0.15) is 13.2 Å². The van der Waals surface area contributed by atoms with E-state index in [9.17, 15) is 18.0 Å². The third-order valence-electron chi connectivity index (χ3n) is 6.41. The molecule has 1 amide bonds. The van der Waals surface area contributed by atoms with Crippen LogP contribution in [0.2, 0.25) is 0 Å². The Morgan fingerprint density at radius 2 is 1.82 bits per heavy atom. The Labute approximate surface area is 189 Å². The summed E-state index contributed by atoms with van der Waals surface area (Å²) in [5.74, 6) is 0.0790. The maximum absolute atomic E-state index is 13.4. The van der Waals surface area contributed by atoms with Gasteiger partial charge in [0, 0.05) is 41.4 Å². The molecular weight excluding hydrogens is 431 g/mol. The van der Waals surface area contributed by atoms with Crippen molar-refractivity contribution in [3.63, 3.8) is 0 Å². The van der Waals surface area contributed by atoms with Crippen LogP contribution in [0.1, 0.15) is 53.5 Å². The monoisotopic (exact) mass is 455 g/mol. The maximum atomic E-state index is 13.4. The van der Waals surface area contributed by atoms with E-state index in [1.54, 1.807) is 19.1 Å². The lowest BCUT2D eigenvalue weighted by Crippen LogP contribution is -2.42. The van der Waals surface area contributed by atoms with Gasteiger partial charge in [-0.15, -0.1) is 10.2 Å². The number of piperidine rings is 1.